The summed E-state index contributed by atoms with van der Waals surface area (Å²) in [5, 5.41) is 11.2. The van der Waals surface area contributed by atoms with Crippen molar-refractivity contribution in [3.8, 4) is 0 Å². The quantitative estimate of drug-likeness (QED) is 0.880. The van der Waals surface area contributed by atoms with Gasteiger partial charge >= 0.3 is 0 Å². The largest absolute Gasteiger partial charge is 0.378 e. The zero-order valence-corrected chi connectivity index (χ0v) is 11.0. The first-order valence-electron chi connectivity index (χ1n) is 6.00. The van der Waals surface area contributed by atoms with Gasteiger partial charge in [-0.3, -0.25) is 9.97 Å². The molecule has 94 valence electrons. The molecule has 0 saturated heterocycles. The van der Waals surface area contributed by atoms with Gasteiger partial charge in [0.05, 0.1) is 5.69 Å². The van der Waals surface area contributed by atoms with E-state index in [1.165, 1.54) is 0 Å². The van der Waals surface area contributed by atoms with E-state index in [0.29, 0.717) is 5.69 Å². The van der Waals surface area contributed by atoms with E-state index in [2.05, 4.69) is 9.97 Å². The van der Waals surface area contributed by atoms with Gasteiger partial charge in [0, 0.05) is 29.6 Å². The lowest BCUT2D eigenvalue weighted by atomic mass is 9.70. The molecular formula is C15H18N2O. The summed E-state index contributed by atoms with van der Waals surface area (Å²) in [6.07, 6.45) is 5.09. The zero-order chi connectivity index (χ0) is 13.2. The summed E-state index contributed by atoms with van der Waals surface area (Å²) >= 11 is 0. The molecule has 18 heavy (non-hydrogen) atoms. The van der Waals surface area contributed by atoms with Gasteiger partial charge in [0.25, 0.3) is 0 Å². The molecule has 0 saturated carbocycles. The van der Waals surface area contributed by atoms with Crippen molar-refractivity contribution >= 4 is 0 Å². The highest BCUT2D eigenvalue weighted by molar-refractivity contribution is 5.32. The molecule has 0 bridgehead atoms. The minimum Gasteiger partial charge on any atom is -0.378 e. The molecule has 0 aliphatic heterocycles. The van der Waals surface area contributed by atoms with Crippen molar-refractivity contribution in [3.05, 3.63) is 60.2 Å². The standard InChI is InChI=1S/C15H18N2O/c1-14(2,3)15(18,12-7-6-9-16-11-12)13-8-4-5-10-17-13/h4-11,18H,1-3H3. The molecule has 1 N–H and O–H groups in total. The average Bonchev–Trinajstić information content (AvgIpc) is 2.38. The molecule has 2 aromatic heterocycles. The first kappa shape index (κ1) is 12.7. The van der Waals surface area contributed by atoms with Gasteiger partial charge in [-0.25, -0.2) is 0 Å². The van der Waals surface area contributed by atoms with Crippen LogP contribution in [0.1, 0.15) is 32.0 Å². The summed E-state index contributed by atoms with van der Waals surface area (Å²) in [6.45, 7) is 5.98. The first-order chi connectivity index (χ1) is 8.46. The van der Waals surface area contributed by atoms with Crippen molar-refractivity contribution in [3.63, 3.8) is 0 Å². The Labute approximate surface area is 108 Å². The molecule has 2 aromatic rings. The molecule has 0 spiro atoms. The summed E-state index contributed by atoms with van der Waals surface area (Å²) in [5.74, 6) is 0. The number of hydrogen-bond acceptors (Lipinski definition) is 3. The second-order valence-electron chi connectivity index (χ2n) is 5.42. The first-order valence-corrected chi connectivity index (χ1v) is 6.00. The highest BCUT2D eigenvalue weighted by Gasteiger charge is 2.44. The van der Waals surface area contributed by atoms with Crippen LogP contribution in [0.4, 0.5) is 0 Å². The molecule has 2 rings (SSSR count). The van der Waals surface area contributed by atoms with Crippen molar-refractivity contribution in [2.24, 2.45) is 5.41 Å². The fourth-order valence-corrected chi connectivity index (χ4v) is 2.12. The van der Waals surface area contributed by atoms with Crippen LogP contribution in [0.2, 0.25) is 0 Å². The predicted octanol–water partition coefficient (Wildman–Crippen LogP) is 2.76. The molecule has 2 heterocycles. The lowest BCUT2D eigenvalue weighted by molar-refractivity contribution is -0.0298. The van der Waals surface area contributed by atoms with Crippen LogP contribution in [0.3, 0.4) is 0 Å². The summed E-state index contributed by atoms with van der Waals surface area (Å²) < 4.78 is 0. The second kappa shape index (κ2) is 4.50. The van der Waals surface area contributed by atoms with E-state index in [9.17, 15) is 5.11 Å². The van der Waals surface area contributed by atoms with Crippen molar-refractivity contribution in [2.45, 2.75) is 26.4 Å². The van der Waals surface area contributed by atoms with Crippen LogP contribution in [-0.4, -0.2) is 15.1 Å². The fraction of sp³-hybridized carbons (Fsp3) is 0.333. The fourth-order valence-electron chi connectivity index (χ4n) is 2.12. The van der Waals surface area contributed by atoms with Gasteiger partial charge < -0.3 is 5.11 Å². The topological polar surface area (TPSA) is 46.0 Å². The van der Waals surface area contributed by atoms with Gasteiger partial charge in [0.2, 0.25) is 0 Å². The van der Waals surface area contributed by atoms with Crippen LogP contribution in [0.15, 0.2) is 48.9 Å². The number of hydrogen-bond donors (Lipinski definition) is 1. The molecule has 0 aromatic carbocycles. The van der Waals surface area contributed by atoms with E-state index in [-0.39, 0.29) is 5.41 Å². The average molecular weight is 242 g/mol. The molecule has 3 heteroatoms. The number of pyridine rings is 2. The van der Waals surface area contributed by atoms with Crippen molar-refractivity contribution in [1.29, 1.82) is 0 Å². The van der Waals surface area contributed by atoms with Gasteiger partial charge in [0.1, 0.15) is 5.60 Å². The van der Waals surface area contributed by atoms with E-state index in [1.54, 1.807) is 18.6 Å². The van der Waals surface area contributed by atoms with Crippen LogP contribution in [0, 0.1) is 5.41 Å². The molecule has 3 nitrogen and oxygen atoms in total. The smallest absolute Gasteiger partial charge is 0.138 e. The van der Waals surface area contributed by atoms with Gasteiger partial charge in [-0.2, -0.15) is 0 Å². The Morgan fingerprint density at radius 3 is 2.28 bits per heavy atom. The van der Waals surface area contributed by atoms with E-state index >= 15 is 0 Å². The minimum absolute atomic E-state index is 0.385. The highest BCUT2D eigenvalue weighted by atomic mass is 16.3. The Morgan fingerprint density at radius 2 is 1.78 bits per heavy atom. The van der Waals surface area contributed by atoms with Gasteiger partial charge in [-0.1, -0.05) is 32.9 Å². The lowest BCUT2D eigenvalue weighted by Gasteiger charge is -2.40. The van der Waals surface area contributed by atoms with E-state index in [0.717, 1.165) is 5.56 Å². The summed E-state index contributed by atoms with van der Waals surface area (Å²) in [6, 6.07) is 9.28. The normalized spacial score (nSPS) is 15.1. The molecule has 0 aliphatic rings. The van der Waals surface area contributed by atoms with Crippen LogP contribution in [-0.2, 0) is 5.60 Å². The monoisotopic (exact) mass is 242 g/mol. The van der Waals surface area contributed by atoms with Crippen LogP contribution in [0.5, 0.6) is 0 Å². The Morgan fingerprint density at radius 1 is 1.00 bits per heavy atom. The molecule has 1 unspecified atom stereocenters. The third kappa shape index (κ3) is 2.02. The number of rotatable bonds is 2. The summed E-state index contributed by atoms with van der Waals surface area (Å²) in [5.41, 5.74) is -0.130. The van der Waals surface area contributed by atoms with E-state index < -0.39 is 5.60 Å². The number of aromatic nitrogens is 2. The van der Waals surface area contributed by atoms with Crippen LogP contribution in [0.25, 0.3) is 0 Å². The van der Waals surface area contributed by atoms with E-state index in [4.69, 9.17) is 0 Å². The third-order valence-electron chi connectivity index (χ3n) is 3.20. The van der Waals surface area contributed by atoms with Gasteiger partial charge in [0.15, 0.2) is 0 Å². The summed E-state index contributed by atoms with van der Waals surface area (Å²) in [7, 11) is 0. The second-order valence-corrected chi connectivity index (χ2v) is 5.42. The van der Waals surface area contributed by atoms with Crippen LogP contribution >= 0.6 is 0 Å². The highest BCUT2D eigenvalue weighted by Crippen LogP contribution is 2.43. The summed E-state index contributed by atoms with van der Waals surface area (Å²) in [4.78, 5) is 8.42. The van der Waals surface area contributed by atoms with Crippen molar-refractivity contribution in [1.82, 2.24) is 9.97 Å². The molecule has 0 aliphatic carbocycles. The maximum absolute atomic E-state index is 11.2. The Bertz CT molecular complexity index is 464. The molecule has 0 fully saturated rings. The van der Waals surface area contributed by atoms with E-state index in [1.807, 2.05) is 51.1 Å². The van der Waals surface area contributed by atoms with Crippen LogP contribution < -0.4 is 0 Å². The third-order valence-corrected chi connectivity index (χ3v) is 3.20. The lowest BCUT2D eigenvalue weighted by Crippen LogP contribution is -2.41. The maximum Gasteiger partial charge on any atom is 0.138 e. The minimum atomic E-state index is -1.15. The maximum atomic E-state index is 11.2. The zero-order valence-electron chi connectivity index (χ0n) is 11.0. The number of nitrogens with zero attached hydrogens (tertiary/aromatic N) is 2. The predicted molar refractivity (Wildman–Crippen MR) is 70.9 cm³/mol. The van der Waals surface area contributed by atoms with Crippen molar-refractivity contribution < 1.29 is 5.11 Å². The number of aliphatic hydroxyl groups is 1. The van der Waals surface area contributed by atoms with Gasteiger partial charge in [-0.05, 0) is 18.2 Å². The molecular weight excluding hydrogens is 224 g/mol. The Balaban J connectivity index is 2.63. The Hall–Kier alpha value is -1.74. The Kier molecular flexibility index (Phi) is 3.18. The van der Waals surface area contributed by atoms with Crippen molar-refractivity contribution in [2.75, 3.05) is 0 Å². The molecule has 0 amide bonds. The SMILES string of the molecule is CC(C)(C)C(O)(c1cccnc1)c1ccccn1. The molecule has 0 radical (unpaired) electrons. The molecule has 1 atom stereocenters. The van der Waals surface area contributed by atoms with Gasteiger partial charge in [-0.15, -0.1) is 0 Å².